The molecule has 1 amide bonds. The predicted octanol–water partition coefficient (Wildman–Crippen LogP) is 2.02. The molecular weight excluding hydrogens is 228 g/mol. The number of pyridine rings is 1. The fraction of sp³-hybridized carbons (Fsp3) is 0.100. The van der Waals surface area contributed by atoms with Crippen molar-refractivity contribution in [1.29, 1.82) is 0 Å². The van der Waals surface area contributed by atoms with Gasteiger partial charge in [0.2, 0.25) is 5.95 Å². The van der Waals surface area contributed by atoms with E-state index in [2.05, 4.69) is 20.3 Å². The minimum absolute atomic E-state index is 0.290. The molecule has 0 saturated carbocycles. The fourth-order valence-corrected chi connectivity index (χ4v) is 1.27. The maximum Gasteiger partial charge on any atom is 0.276 e. The lowest BCUT2D eigenvalue weighted by Gasteiger charge is -2.00. The molecule has 0 aliphatic carbocycles. The Bertz CT molecular complexity index is 506. The third-order valence-corrected chi connectivity index (χ3v) is 2.12. The first-order chi connectivity index (χ1) is 7.65. The van der Waals surface area contributed by atoms with E-state index in [0.717, 1.165) is 5.69 Å². The first-order valence-electron chi connectivity index (χ1n) is 4.59. The number of aromatic amines is 1. The number of H-pyrrole nitrogens is 1. The van der Waals surface area contributed by atoms with Crippen molar-refractivity contribution in [1.82, 2.24) is 15.0 Å². The van der Waals surface area contributed by atoms with E-state index in [1.165, 1.54) is 6.20 Å². The predicted molar refractivity (Wildman–Crippen MR) is 60.5 cm³/mol. The van der Waals surface area contributed by atoms with Gasteiger partial charge in [-0.05, 0) is 19.1 Å². The van der Waals surface area contributed by atoms with Crippen molar-refractivity contribution in [2.45, 2.75) is 6.92 Å². The van der Waals surface area contributed by atoms with Gasteiger partial charge in [0.05, 0.1) is 5.02 Å². The van der Waals surface area contributed by atoms with E-state index in [0.29, 0.717) is 16.7 Å². The van der Waals surface area contributed by atoms with Gasteiger partial charge in [-0.1, -0.05) is 11.6 Å². The third-order valence-electron chi connectivity index (χ3n) is 1.89. The highest BCUT2D eigenvalue weighted by atomic mass is 35.5. The molecule has 2 aromatic rings. The smallest absolute Gasteiger partial charge is 0.276 e. The quantitative estimate of drug-likeness (QED) is 0.838. The molecule has 0 spiro atoms. The van der Waals surface area contributed by atoms with Gasteiger partial charge in [0.1, 0.15) is 5.69 Å². The molecule has 2 heterocycles. The number of nitrogens with zero attached hydrogens (tertiary/aromatic N) is 2. The first kappa shape index (κ1) is 10.6. The van der Waals surface area contributed by atoms with Crippen LogP contribution < -0.4 is 5.32 Å². The van der Waals surface area contributed by atoms with E-state index in [4.69, 9.17) is 11.6 Å². The van der Waals surface area contributed by atoms with Gasteiger partial charge in [-0.2, -0.15) is 0 Å². The van der Waals surface area contributed by atoms with Gasteiger partial charge >= 0.3 is 0 Å². The van der Waals surface area contributed by atoms with Gasteiger partial charge in [0.15, 0.2) is 0 Å². The number of anilines is 1. The maximum absolute atomic E-state index is 11.7. The van der Waals surface area contributed by atoms with Crippen molar-refractivity contribution in [2.75, 3.05) is 5.32 Å². The highest BCUT2D eigenvalue weighted by Crippen LogP contribution is 2.08. The van der Waals surface area contributed by atoms with E-state index in [-0.39, 0.29) is 5.91 Å². The summed E-state index contributed by atoms with van der Waals surface area (Å²) in [5, 5.41) is 3.08. The Kier molecular flexibility index (Phi) is 2.87. The van der Waals surface area contributed by atoms with Gasteiger partial charge in [-0.15, -0.1) is 0 Å². The average molecular weight is 237 g/mol. The Labute approximate surface area is 96.9 Å². The van der Waals surface area contributed by atoms with Crippen LogP contribution in [0.3, 0.4) is 0 Å². The summed E-state index contributed by atoms with van der Waals surface area (Å²) in [5.74, 6) is 0.0743. The van der Waals surface area contributed by atoms with Crippen LogP contribution in [-0.4, -0.2) is 20.9 Å². The summed E-state index contributed by atoms with van der Waals surface area (Å²) in [5.41, 5.74) is 1.16. The van der Waals surface area contributed by atoms with Crippen LogP contribution in [0, 0.1) is 6.92 Å². The average Bonchev–Trinajstić information content (AvgIpc) is 2.65. The number of halogens is 1. The van der Waals surface area contributed by atoms with Gasteiger partial charge in [0.25, 0.3) is 5.91 Å². The Morgan fingerprint density at radius 2 is 2.19 bits per heavy atom. The summed E-state index contributed by atoms with van der Waals surface area (Å²) in [7, 11) is 0. The second-order valence-corrected chi connectivity index (χ2v) is 3.67. The molecule has 5 nitrogen and oxygen atoms in total. The van der Waals surface area contributed by atoms with Crippen LogP contribution in [0.5, 0.6) is 0 Å². The lowest BCUT2D eigenvalue weighted by Crippen LogP contribution is -2.14. The van der Waals surface area contributed by atoms with Crippen LogP contribution >= 0.6 is 11.6 Å². The van der Waals surface area contributed by atoms with Crippen molar-refractivity contribution >= 4 is 23.5 Å². The second-order valence-electron chi connectivity index (χ2n) is 3.23. The molecule has 0 aliphatic heterocycles. The molecule has 6 heteroatoms. The third kappa shape index (κ3) is 2.38. The van der Waals surface area contributed by atoms with Crippen LogP contribution in [0.1, 0.15) is 16.2 Å². The van der Waals surface area contributed by atoms with Crippen molar-refractivity contribution in [3.8, 4) is 0 Å². The van der Waals surface area contributed by atoms with Crippen molar-refractivity contribution in [2.24, 2.45) is 0 Å². The van der Waals surface area contributed by atoms with Crippen LogP contribution in [0.4, 0.5) is 5.95 Å². The molecule has 2 rings (SSSR count). The summed E-state index contributed by atoms with van der Waals surface area (Å²) in [6, 6.07) is 3.16. The Hall–Kier alpha value is -1.88. The lowest BCUT2D eigenvalue weighted by molar-refractivity contribution is 0.102. The molecule has 0 fully saturated rings. The molecule has 0 aliphatic rings. The van der Waals surface area contributed by atoms with Crippen LogP contribution in [0.15, 0.2) is 24.5 Å². The van der Waals surface area contributed by atoms with Crippen molar-refractivity contribution in [3.05, 3.63) is 40.9 Å². The fourth-order valence-electron chi connectivity index (χ4n) is 1.16. The minimum atomic E-state index is -0.328. The number of carbonyl (C=O) groups is 1. The molecule has 0 aromatic carbocycles. The molecular formula is C10H9ClN4O. The van der Waals surface area contributed by atoms with E-state index in [1.54, 1.807) is 18.3 Å². The number of aromatic nitrogens is 3. The number of carbonyl (C=O) groups excluding carboxylic acids is 1. The Balaban J connectivity index is 2.11. The zero-order chi connectivity index (χ0) is 11.5. The number of imidazole rings is 1. The van der Waals surface area contributed by atoms with E-state index in [1.807, 2.05) is 6.92 Å². The van der Waals surface area contributed by atoms with Crippen molar-refractivity contribution in [3.63, 3.8) is 0 Å². The maximum atomic E-state index is 11.7. The molecule has 16 heavy (non-hydrogen) atoms. The Morgan fingerprint density at radius 1 is 1.38 bits per heavy atom. The number of hydrogen-bond donors (Lipinski definition) is 2. The van der Waals surface area contributed by atoms with Crippen LogP contribution in [0.2, 0.25) is 5.02 Å². The molecule has 0 atom stereocenters. The number of aryl methyl sites for hydroxylation is 1. The molecule has 0 bridgehead atoms. The van der Waals surface area contributed by atoms with Crippen LogP contribution in [-0.2, 0) is 0 Å². The standard InChI is InChI=1S/C10H9ClN4O/c1-6-4-13-10(14-6)15-9(16)8-3-2-7(11)5-12-8/h2-5H,1H3,(H2,13,14,15,16). The minimum Gasteiger partial charge on any atom is -0.328 e. The molecule has 2 aromatic heterocycles. The van der Waals surface area contributed by atoms with E-state index in [9.17, 15) is 4.79 Å². The number of amides is 1. The number of rotatable bonds is 2. The lowest BCUT2D eigenvalue weighted by atomic mass is 10.3. The zero-order valence-electron chi connectivity index (χ0n) is 8.49. The largest absolute Gasteiger partial charge is 0.328 e. The number of nitrogens with one attached hydrogen (secondary N) is 2. The summed E-state index contributed by atoms with van der Waals surface area (Å²) < 4.78 is 0. The van der Waals surface area contributed by atoms with E-state index < -0.39 is 0 Å². The highest BCUT2D eigenvalue weighted by Gasteiger charge is 2.08. The van der Waals surface area contributed by atoms with Crippen LogP contribution in [0.25, 0.3) is 0 Å². The summed E-state index contributed by atoms with van der Waals surface area (Å²) >= 11 is 5.67. The number of hydrogen-bond acceptors (Lipinski definition) is 3. The Morgan fingerprint density at radius 3 is 2.75 bits per heavy atom. The summed E-state index contributed by atoms with van der Waals surface area (Å²) in [4.78, 5) is 22.4. The zero-order valence-corrected chi connectivity index (χ0v) is 9.25. The SMILES string of the molecule is Cc1cnc(NC(=O)c2ccc(Cl)cn2)[nH]1. The topological polar surface area (TPSA) is 70.7 Å². The second kappa shape index (κ2) is 4.32. The monoisotopic (exact) mass is 236 g/mol. The van der Waals surface area contributed by atoms with Gasteiger partial charge in [-0.3, -0.25) is 10.1 Å². The highest BCUT2D eigenvalue weighted by molar-refractivity contribution is 6.30. The van der Waals surface area contributed by atoms with E-state index >= 15 is 0 Å². The normalized spacial score (nSPS) is 10.1. The molecule has 0 saturated heterocycles. The van der Waals surface area contributed by atoms with Crippen molar-refractivity contribution < 1.29 is 4.79 Å². The van der Waals surface area contributed by atoms with Gasteiger partial charge in [0, 0.05) is 18.1 Å². The summed E-state index contributed by atoms with van der Waals surface area (Å²) in [6.45, 7) is 1.85. The van der Waals surface area contributed by atoms with Gasteiger partial charge < -0.3 is 4.98 Å². The van der Waals surface area contributed by atoms with Gasteiger partial charge in [-0.25, -0.2) is 9.97 Å². The molecule has 0 unspecified atom stereocenters. The molecule has 2 N–H and O–H groups in total. The molecule has 0 radical (unpaired) electrons. The molecule has 82 valence electrons. The summed E-state index contributed by atoms with van der Waals surface area (Å²) in [6.07, 6.45) is 3.05. The first-order valence-corrected chi connectivity index (χ1v) is 4.97.